The van der Waals surface area contributed by atoms with Gasteiger partial charge in [0.05, 0.1) is 39.9 Å². The molecule has 4 aromatic rings. The lowest BCUT2D eigenvalue weighted by molar-refractivity contribution is -0.0923. The van der Waals surface area contributed by atoms with Gasteiger partial charge in [0.15, 0.2) is 0 Å². The maximum atomic E-state index is 15.5. The second kappa shape index (κ2) is 15.4. The SMILES string of the molecule is COc1ccc(C(OC[C@H]2O[C@@H](n3cc(C)c(=O)[nH]c3=O)C[C@@H]2OP(F)(=S)OCCC#N)(c2ccccc2)c2ccc(OC)cc2)cc1. The summed E-state index contributed by atoms with van der Waals surface area (Å²) in [5.74, 6) is 1.30. The summed E-state index contributed by atoms with van der Waals surface area (Å²) in [6.45, 7) is -3.18. The summed E-state index contributed by atoms with van der Waals surface area (Å²) in [6.07, 6.45) is -1.62. The van der Waals surface area contributed by atoms with E-state index in [0.717, 1.165) is 16.7 Å². The van der Waals surface area contributed by atoms with Crippen LogP contribution in [0.5, 0.6) is 11.5 Å². The summed E-state index contributed by atoms with van der Waals surface area (Å²) in [4.78, 5) is 27.2. The highest BCUT2D eigenvalue weighted by Gasteiger charge is 2.45. The molecule has 0 spiro atoms. The van der Waals surface area contributed by atoms with Gasteiger partial charge < -0.3 is 23.5 Å². The Bertz CT molecular complexity index is 1850. The van der Waals surface area contributed by atoms with Crippen LogP contribution in [0.1, 0.15) is 41.3 Å². The minimum absolute atomic E-state index is 0.00720. The van der Waals surface area contributed by atoms with Crippen molar-refractivity contribution in [2.24, 2.45) is 0 Å². The number of nitrogens with one attached hydrogen (secondary N) is 1. The van der Waals surface area contributed by atoms with E-state index in [4.69, 9.17) is 45.1 Å². The fourth-order valence-corrected chi connectivity index (χ4v) is 7.08. The predicted molar refractivity (Wildman–Crippen MR) is 179 cm³/mol. The van der Waals surface area contributed by atoms with E-state index in [1.807, 2.05) is 84.9 Å². The average Bonchev–Trinajstić information content (AvgIpc) is 3.48. The van der Waals surface area contributed by atoms with Gasteiger partial charge >= 0.3 is 12.5 Å². The van der Waals surface area contributed by atoms with Gasteiger partial charge in [-0.25, -0.2) is 4.79 Å². The number of benzene rings is 3. The number of aromatic amines is 1. The van der Waals surface area contributed by atoms with E-state index in [1.165, 1.54) is 10.8 Å². The third kappa shape index (κ3) is 7.76. The summed E-state index contributed by atoms with van der Waals surface area (Å²) in [6, 6.07) is 26.4. The molecule has 4 atom stereocenters. The minimum atomic E-state index is -4.34. The van der Waals surface area contributed by atoms with Gasteiger partial charge in [-0.3, -0.25) is 18.9 Å². The quantitative estimate of drug-likeness (QED) is 0.1000. The molecule has 0 bridgehead atoms. The number of aryl methyl sites for hydroxylation is 1. The van der Waals surface area contributed by atoms with Crippen LogP contribution < -0.4 is 20.7 Å². The Labute approximate surface area is 282 Å². The number of hydrogen-bond donors (Lipinski definition) is 1. The Kier molecular flexibility index (Phi) is 11.3. The summed E-state index contributed by atoms with van der Waals surface area (Å²) in [5.41, 5.74) is 0.137. The molecule has 252 valence electrons. The number of nitriles is 1. The number of H-pyrrole nitrogens is 1. The molecular formula is C34H35FN3O8PS. The zero-order valence-electron chi connectivity index (χ0n) is 26.5. The average molecular weight is 696 g/mol. The molecule has 11 nitrogen and oxygen atoms in total. The van der Waals surface area contributed by atoms with Gasteiger partial charge in [0.25, 0.3) is 5.56 Å². The van der Waals surface area contributed by atoms with E-state index < -0.39 is 42.1 Å². The molecular weight excluding hydrogens is 660 g/mol. The predicted octanol–water partition coefficient (Wildman–Crippen LogP) is 5.67. The van der Waals surface area contributed by atoms with Crippen LogP contribution >= 0.6 is 6.80 Å². The van der Waals surface area contributed by atoms with Crippen LogP contribution in [0.25, 0.3) is 0 Å². The third-order valence-electron chi connectivity index (χ3n) is 7.99. The Morgan fingerprint density at radius 3 is 2.15 bits per heavy atom. The first-order valence-corrected chi connectivity index (χ1v) is 17.6. The highest BCUT2D eigenvalue weighted by molar-refractivity contribution is 8.07. The molecule has 0 amide bonds. The summed E-state index contributed by atoms with van der Waals surface area (Å²) in [5, 5.41) is 8.88. The van der Waals surface area contributed by atoms with Crippen LogP contribution in [0.15, 0.2) is 94.6 Å². The number of hydrogen-bond acceptors (Lipinski definition) is 10. The molecule has 3 aromatic carbocycles. The van der Waals surface area contributed by atoms with Crippen molar-refractivity contribution >= 4 is 18.6 Å². The van der Waals surface area contributed by atoms with Gasteiger partial charge in [-0.05, 0) is 59.7 Å². The van der Waals surface area contributed by atoms with Crippen LogP contribution in [0, 0.1) is 18.3 Å². The van der Waals surface area contributed by atoms with Gasteiger partial charge in [0.2, 0.25) is 0 Å². The summed E-state index contributed by atoms with van der Waals surface area (Å²) < 4.78 is 51.8. The van der Waals surface area contributed by atoms with E-state index >= 15 is 4.20 Å². The Balaban J connectivity index is 1.57. The second-order valence-corrected chi connectivity index (χ2v) is 13.6. The van der Waals surface area contributed by atoms with Crippen molar-refractivity contribution in [3.05, 3.63) is 128 Å². The van der Waals surface area contributed by atoms with Crippen molar-refractivity contribution in [3.8, 4) is 17.6 Å². The van der Waals surface area contributed by atoms with Crippen LogP contribution in [0.3, 0.4) is 0 Å². The van der Waals surface area contributed by atoms with Gasteiger partial charge in [-0.2, -0.15) is 9.46 Å². The smallest absolute Gasteiger partial charge is 0.366 e. The molecule has 1 aliphatic heterocycles. The summed E-state index contributed by atoms with van der Waals surface area (Å²) >= 11 is 5.05. The largest absolute Gasteiger partial charge is 0.497 e. The molecule has 1 aromatic heterocycles. The Hall–Kier alpha value is -4.15. The lowest BCUT2D eigenvalue weighted by Crippen LogP contribution is -2.38. The van der Waals surface area contributed by atoms with E-state index in [0.29, 0.717) is 11.5 Å². The minimum Gasteiger partial charge on any atom is -0.497 e. The molecule has 0 aliphatic carbocycles. The molecule has 0 radical (unpaired) electrons. The van der Waals surface area contributed by atoms with Gasteiger partial charge in [0.1, 0.15) is 35.5 Å². The molecule has 1 saturated heterocycles. The molecule has 2 heterocycles. The third-order valence-corrected chi connectivity index (χ3v) is 9.58. The van der Waals surface area contributed by atoms with Crippen molar-refractivity contribution in [1.82, 2.24) is 9.55 Å². The van der Waals surface area contributed by atoms with Crippen molar-refractivity contribution in [2.45, 2.75) is 43.8 Å². The molecule has 14 heteroatoms. The molecule has 1 N–H and O–H groups in total. The molecule has 48 heavy (non-hydrogen) atoms. The van der Waals surface area contributed by atoms with E-state index in [1.54, 1.807) is 21.1 Å². The van der Waals surface area contributed by atoms with Crippen LogP contribution in [-0.4, -0.2) is 49.2 Å². The molecule has 0 saturated carbocycles. The van der Waals surface area contributed by atoms with E-state index in [2.05, 4.69) is 4.98 Å². The van der Waals surface area contributed by atoms with Crippen molar-refractivity contribution in [2.75, 3.05) is 27.4 Å². The lowest BCUT2D eigenvalue weighted by atomic mass is 9.80. The first-order chi connectivity index (χ1) is 23.1. The first-order valence-electron chi connectivity index (χ1n) is 15.1. The zero-order valence-corrected chi connectivity index (χ0v) is 28.2. The zero-order chi connectivity index (χ0) is 34.3. The standard InChI is InChI=1S/C34H35FN3O8PS/c1-23-21-38(33(40)37-32(23)39)31-20-29(46-47(35,48)44-19-7-18-36)30(45-31)22-43-34(24-8-5-4-6-9-24,25-10-14-27(41-2)15-11-25)26-12-16-28(42-3)17-13-26/h4-6,8-17,21,29-31H,7,19-20,22H2,1-3H3,(H,37,39,40)/t29-,30+,31+,47?/m0/s1. The van der Waals surface area contributed by atoms with Crippen LogP contribution in [0.4, 0.5) is 4.20 Å². The first kappa shape index (κ1) is 35.2. The summed E-state index contributed by atoms with van der Waals surface area (Å²) in [7, 11) is 3.17. The van der Waals surface area contributed by atoms with Gasteiger partial charge in [0, 0.05) is 18.2 Å². The van der Waals surface area contributed by atoms with Gasteiger partial charge in [-0.15, -0.1) is 0 Å². The monoisotopic (exact) mass is 695 g/mol. The van der Waals surface area contributed by atoms with E-state index in [9.17, 15) is 9.59 Å². The van der Waals surface area contributed by atoms with Gasteiger partial charge in [-0.1, -0.05) is 54.6 Å². The van der Waals surface area contributed by atoms with Crippen molar-refractivity contribution < 1.29 is 32.2 Å². The number of rotatable bonds is 14. The van der Waals surface area contributed by atoms with Crippen LogP contribution in [-0.2, 0) is 35.9 Å². The Morgan fingerprint density at radius 1 is 1.00 bits per heavy atom. The maximum absolute atomic E-state index is 15.5. The number of methoxy groups -OCH3 is 2. The topological polar surface area (TPSA) is 134 Å². The highest BCUT2D eigenvalue weighted by atomic mass is 32.5. The van der Waals surface area contributed by atoms with E-state index in [-0.39, 0.29) is 31.6 Å². The Morgan fingerprint density at radius 2 is 1.58 bits per heavy atom. The number of ether oxygens (including phenoxy) is 4. The normalized spacial score (nSPS) is 18.9. The molecule has 1 unspecified atom stereocenters. The fraction of sp³-hybridized carbons (Fsp3) is 0.324. The number of nitrogens with zero attached hydrogens (tertiary/aromatic N) is 2. The molecule has 1 fully saturated rings. The maximum Gasteiger partial charge on any atom is 0.366 e. The molecule has 5 rings (SSSR count). The van der Waals surface area contributed by atoms with Crippen molar-refractivity contribution in [3.63, 3.8) is 0 Å². The van der Waals surface area contributed by atoms with Crippen molar-refractivity contribution in [1.29, 1.82) is 5.26 Å². The highest BCUT2D eigenvalue weighted by Crippen LogP contribution is 2.54. The fourth-order valence-electron chi connectivity index (χ4n) is 5.61. The lowest BCUT2D eigenvalue weighted by Gasteiger charge is -2.37. The second-order valence-electron chi connectivity index (χ2n) is 11.0. The number of aromatic nitrogens is 2. The molecule has 1 aliphatic rings. The van der Waals surface area contributed by atoms with Crippen LogP contribution in [0.2, 0.25) is 0 Å². The number of halogens is 1.